The van der Waals surface area contributed by atoms with Gasteiger partial charge in [-0.15, -0.1) is 12.4 Å². The van der Waals surface area contributed by atoms with Gasteiger partial charge in [-0.2, -0.15) is 9.57 Å². The normalized spacial score (nSPS) is 18.6. The highest BCUT2D eigenvalue weighted by atomic mass is 35.5. The molecule has 0 saturated carbocycles. The summed E-state index contributed by atoms with van der Waals surface area (Å²) in [4.78, 5) is 0.249. The number of halogens is 1. The lowest BCUT2D eigenvalue weighted by Gasteiger charge is -2.23. The van der Waals surface area contributed by atoms with Crippen molar-refractivity contribution in [3.8, 4) is 6.07 Å². The van der Waals surface area contributed by atoms with E-state index < -0.39 is 10.0 Å². The van der Waals surface area contributed by atoms with Crippen molar-refractivity contribution in [2.45, 2.75) is 24.3 Å². The summed E-state index contributed by atoms with van der Waals surface area (Å²) >= 11 is 0. The Morgan fingerprint density at radius 2 is 2.15 bits per heavy atom. The highest BCUT2D eigenvalue weighted by Crippen LogP contribution is 2.21. The first-order valence-electron chi connectivity index (χ1n) is 6.16. The van der Waals surface area contributed by atoms with Gasteiger partial charge in [-0.1, -0.05) is 0 Å². The molecule has 1 aliphatic heterocycles. The molecular weight excluding hydrogens is 298 g/mol. The molecular formula is C13H18ClN3O2S. The Bertz CT molecular complexity index is 619. The number of nitrogens with zero attached hydrogens (tertiary/aromatic N) is 2. The fraction of sp³-hybridized carbons (Fsp3) is 0.462. The third-order valence-electron chi connectivity index (χ3n) is 3.54. The maximum atomic E-state index is 12.5. The lowest BCUT2D eigenvalue weighted by atomic mass is 10.1. The molecule has 1 aromatic rings. The maximum Gasteiger partial charge on any atom is 0.243 e. The molecule has 110 valence electrons. The number of nitrogens with one attached hydrogen (secondary N) is 1. The minimum atomic E-state index is -3.49. The minimum absolute atomic E-state index is 0. The predicted molar refractivity (Wildman–Crippen MR) is 79.4 cm³/mol. The summed E-state index contributed by atoms with van der Waals surface area (Å²) in [5.41, 5.74) is 1.19. The van der Waals surface area contributed by atoms with Gasteiger partial charge in [0.2, 0.25) is 10.0 Å². The highest BCUT2D eigenvalue weighted by molar-refractivity contribution is 7.89. The average molecular weight is 316 g/mol. The third-order valence-corrected chi connectivity index (χ3v) is 5.45. The van der Waals surface area contributed by atoms with E-state index in [0.717, 1.165) is 13.0 Å². The molecule has 1 heterocycles. The number of rotatable bonds is 3. The second kappa shape index (κ2) is 6.55. The Morgan fingerprint density at radius 1 is 1.45 bits per heavy atom. The molecule has 1 aromatic carbocycles. The van der Waals surface area contributed by atoms with Crippen LogP contribution < -0.4 is 5.32 Å². The van der Waals surface area contributed by atoms with Crippen LogP contribution in [0, 0.1) is 18.3 Å². The van der Waals surface area contributed by atoms with Gasteiger partial charge in [0.05, 0.1) is 16.5 Å². The molecule has 0 aliphatic carbocycles. The zero-order valence-corrected chi connectivity index (χ0v) is 13.1. The number of benzene rings is 1. The Labute approximate surface area is 126 Å². The fourth-order valence-electron chi connectivity index (χ4n) is 2.23. The second-order valence-corrected chi connectivity index (χ2v) is 6.75. The zero-order chi connectivity index (χ0) is 14.0. The van der Waals surface area contributed by atoms with Crippen molar-refractivity contribution in [3.05, 3.63) is 29.3 Å². The van der Waals surface area contributed by atoms with Gasteiger partial charge in [-0.25, -0.2) is 8.42 Å². The average Bonchev–Trinajstić information content (AvgIpc) is 2.91. The van der Waals surface area contributed by atoms with Gasteiger partial charge >= 0.3 is 0 Å². The zero-order valence-electron chi connectivity index (χ0n) is 11.5. The molecule has 7 heteroatoms. The summed E-state index contributed by atoms with van der Waals surface area (Å²) < 4.78 is 26.4. The molecule has 20 heavy (non-hydrogen) atoms. The summed E-state index contributed by atoms with van der Waals surface area (Å²) in [5.74, 6) is 0. The Balaban J connectivity index is 0.00000200. The lowest BCUT2D eigenvalue weighted by Crippen LogP contribution is -2.38. The smallest absolute Gasteiger partial charge is 0.243 e. The van der Waals surface area contributed by atoms with Crippen molar-refractivity contribution < 1.29 is 8.42 Å². The molecule has 1 aliphatic rings. The van der Waals surface area contributed by atoms with E-state index in [-0.39, 0.29) is 23.3 Å². The molecule has 0 spiro atoms. The third kappa shape index (κ3) is 3.13. The Morgan fingerprint density at radius 3 is 2.65 bits per heavy atom. The standard InChI is InChI=1S/C13H17N3O2S.ClH/c1-10-7-13(4-3-11(10)8-14)19(17,18)16(2)12-5-6-15-9-12;/h3-4,7,12,15H,5-6,9H2,1-2H3;1H. The molecule has 1 fully saturated rings. The molecule has 2 rings (SSSR count). The number of hydrogen-bond donors (Lipinski definition) is 1. The summed E-state index contributed by atoms with van der Waals surface area (Å²) in [6.07, 6.45) is 0.824. The van der Waals surface area contributed by atoms with Crippen LogP contribution in [0.25, 0.3) is 0 Å². The van der Waals surface area contributed by atoms with Gasteiger partial charge in [0.25, 0.3) is 0 Å². The van der Waals surface area contributed by atoms with Crippen molar-refractivity contribution in [1.82, 2.24) is 9.62 Å². The molecule has 1 atom stereocenters. The van der Waals surface area contributed by atoms with Gasteiger partial charge in [-0.05, 0) is 43.7 Å². The number of likely N-dealkylation sites (N-methyl/N-ethyl adjacent to an activating group) is 1. The quantitative estimate of drug-likeness (QED) is 0.911. The number of aryl methyl sites for hydroxylation is 1. The molecule has 0 aromatic heterocycles. The minimum Gasteiger partial charge on any atom is -0.315 e. The van der Waals surface area contributed by atoms with Gasteiger partial charge in [-0.3, -0.25) is 0 Å². The van der Waals surface area contributed by atoms with Crippen LogP contribution in [0.1, 0.15) is 17.5 Å². The topological polar surface area (TPSA) is 73.2 Å². The lowest BCUT2D eigenvalue weighted by molar-refractivity contribution is 0.387. The van der Waals surface area contributed by atoms with Gasteiger partial charge < -0.3 is 5.32 Å². The predicted octanol–water partition coefficient (Wildman–Crippen LogP) is 1.27. The first-order valence-corrected chi connectivity index (χ1v) is 7.60. The van der Waals surface area contributed by atoms with Crippen molar-refractivity contribution in [2.75, 3.05) is 20.1 Å². The van der Waals surface area contributed by atoms with Gasteiger partial charge in [0.15, 0.2) is 0 Å². The highest BCUT2D eigenvalue weighted by Gasteiger charge is 2.30. The summed E-state index contributed by atoms with van der Waals surface area (Å²) in [6.45, 7) is 3.27. The van der Waals surface area contributed by atoms with Crippen molar-refractivity contribution >= 4 is 22.4 Å². The number of nitriles is 1. The SMILES string of the molecule is Cc1cc(S(=O)(=O)N(C)C2CCNC2)ccc1C#N.Cl. The van der Waals surface area contributed by atoms with Crippen LogP contribution in [0.3, 0.4) is 0 Å². The van der Waals surface area contributed by atoms with Crippen LogP contribution in [-0.4, -0.2) is 38.9 Å². The monoisotopic (exact) mass is 315 g/mol. The van der Waals surface area contributed by atoms with Gasteiger partial charge in [0.1, 0.15) is 0 Å². The number of hydrogen-bond acceptors (Lipinski definition) is 4. The first-order chi connectivity index (χ1) is 8.96. The van der Waals surface area contributed by atoms with E-state index in [4.69, 9.17) is 5.26 Å². The van der Waals surface area contributed by atoms with Crippen LogP contribution in [0.15, 0.2) is 23.1 Å². The fourth-order valence-corrected chi connectivity index (χ4v) is 3.71. The largest absolute Gasteiger partial charge is 0.315 e. The van der Waals surface area contributed by atoms with E-state index in [1.807, 2.05) is 6.07 Å². The molecule has 5 nitrogen and oxygen atoms in total. The molecule has 0 amide bonds. The maximum absolute atomic E-state index is 12.5. The van der Waals surface area contributed by atoms with Crippen LogP contribution >= 0.6 is 12.4 Å². The Kier molecular flexibility index (Phi) is 5.54. The molecule has 1 N–H and O–H groups in total. The van der Waals surface area contributed by atoms with Crippen molar-refractivity contribution in [1.29, 1.82) is 5.26 Å². The van der Waals surface area contributed by atoms with E-state index in [9.17, 15) is 8.42 Å². The van der Waals surface area contributed by atoms with Crippen LogP contribution in [0.5, 0.6) is 0 Å². The van der Waals surface area contributed by atoms with Crippen LogP contribution in [0.2, 0.25) is 0 Å². The van der Waals surface area contributed by atoms with E-state index in [1.54, 1.807) is 26.1 Å². The molecule has 0 radical (unpaired) electrons. The van der Waals surface area contributed by atoms with E-state index in [0.29, 0.717) is 17.7 Å². The van der Waals surface area contributed by atoms with Crippen LogP contribution in [0.4, 0.5) is 0 Å². The van der Waals surface area contributed by atoms with Crippen molar-refractivity contribution in [3.63, 3.8) is 0 Å². The van der Waals surface area contributed by atoms with Crippen LogP contribution in [-0.2, 0) is 10.0 Å². The van der Waals surface area contributed by atoms with E-state index in [1.165, 1.54) is 10.4 Å². The first kappa shape index (κ1) is 16.9. The molecule has 1 saturated heterocycles. The van der Waals surface area contributed by atoms with Gasteiger partial charge in [0, 0.05) is 19.6 Å². The molecule has 1 unspecified atom stereocenters. The van der Waals surface area contributed by atoms with Crippen molar-refractivity contribution in [2.24, 2.45) is 0 Å². The molecule has 0 bridgehead atoms. The Hall–Kier alpha value is -1.13. The summed E-state index contributed by atoms with van der Waals surface area (Å²) in [5, 5.41) is 12.0. The summed E-state index contributed by atoms with van der Waals surface area (Å²) in [6, 6.07) is 6.66. The van der Waals surface area contributed by atoms with E-state index in [2.05, 4.69) is 5.32 Å². The number of sulfonamides is 1. The van der Waals surface area contributed by atoms with E-state index >= 15 is 0 Å². The second-order valence-electron chi connectivity index (χ2n) is 4.76. The summed E-state index contributed by atoms with van der Waals surface area (Å²) in [7, 11) is -1.87.